The van der Waals surface area contributed by atoms with Crippen LogP contribution in [0, 0.1) is 13.8 Å². The molecule has 0 saturated heterocycles. The normalized spacial score (nSPS) is 21.4. The van der Waals surface area contributed by atoms with Crippen molar-refractivity contribution in [3.05, 3.63) is 63.6 Å². The predicted octanol–water partition coefficient (Wildman–Crippen LogP) is 5.42. The Bertz CT molecular complexity index is 615. The number of nitrogens with one attached hydrogen (secondary N) is 1. The highest BCUT2D eigenvalue weighted by Gasteiger charge is 2.30. The van der Waals surface area contributed by atoms with Crippen LogP contribution in [-0.4, -0.2) is 6.04 Å². The van der Waals surface area contributed by atoms with Gasteiger partial charge in [-0.2, -0.15) is 0 Å². The van der Waals surface area contributed by atoms with Crippen LogP contribution in [0.5, 0.6) is 0 Å². The molecule has 0 aromatic heterocycles. The predicted molar refractivity (Wildman–Crippen MR) is 89.4 cm³/mol. The minimum Gasteiger partial charge on any atom is -0.381 e. The molecule has 2 heteroatoms. The number of anilines is 1. The van der Waals surface area contributed by atoms with E-state index in [9.17, 15) is 0 Å². The van der Waals surface area contributed by atoms with Gasteiger partial charge in [0.1, 0.15) is 0 Å². The highest BCUT2D eigenvalue weighted by atomic mass is 79.9. The van der Waals surface area contributed by atoms with Crippen molar-refractivity contribution in [2.24, 2.45) is 0 Å². The molecule has 0 amide bonds. The molecule has 20 heavy (non-hydrogen) atoms. The fourth-order valence-electron chi connectivity index (χ4n) is 2.91. The van der Waals surface area contributed by atoms with Gasteiger partial charge in [-0.1, -0.05) is 42.0 Å². The third-order valence-electron chi connectivity index (χ3n) is 4.20. The van der Waals surface area contributed by atoms with Crippen LogP contribution in [0.4, 0.5) is 5.69 Å². The van der Waals surface area contributed by atoms with Crippen LogP contribution < -0.4 is 5.32 Å². The molecule has 0 spiro atoms. The molecule has 0 unspecified atom stereocenters. The number of hydrogen-bond donors (Lipinski definition) is 1. The lowest BCUT2D eigenvalue weighted by Crippen LogP contribution is -2.34. The minimum atomic E-state index is 0.596. The average molecular weight is 330 g/mol. The summed E-state index contributed by atoms with van der Waals surface area (Å²) >= 11 is 3.67. The summed E-state index contributed by atoms with van der Waals surface area (Å²) in [4.78, 5) is 0. The number of aryl methyl sites for hydroxylation is 2. The Morgan fingerprint density at radius 2 is 1.80 bits per heavy atom. The van der Waals surface area contributed by atoms with Crippen molar-refractivity contribution in [3.8, 4) is 0 Å². The second-order valence-corrected chi connectivity index (χ2v) is 6.65. The largest absolute Gasteiger partial charge is 0.381 e. The van der Waals surface area contributed by atoms with E-state index in [1.807, 2.05) is 0 Å². The summed E-state index contributed by atoms with van der Waals surface area (Å²) in [5.41, 5.74) is 5.36. The first-order chi connectivity index (χ1) is 9.63. The van der Waals surface area contributed by atoms with Crippen LogP contribution in [0.1, 0.15) is 35.4 Å². The van der Waals surface area contributed by atoms with Crippen LogP contribution in [-0.2, 0) is 0 Å². The molecule has 1 N–H and O–H groups in total. The molecule has 0 aliphatic heterocycles. The molecular formula is C18H20BrN. The molecule has 1 aliphatic carbocycles. The quantitative estimate of drug-likeness (QED) is 0.792. The smallest absolute Gasteiger partial charge is 0.0489 e. The third-order valence-corrected chi connectivity index (χ3v) is 5.26. The third kappa shape index (κ3) is 2.76. The topological polar surface area (TPSA) is 12.0 Å². The van der Waals surface area contributed by atoms with Gasteiger partial charge in [-0.3, -0.25) is 0 Å². The van der Waals surface area contributed by atoms with Crippen LogP contribution in [0.3, 0.4) is 0 Å². The highest BCUT2D eigenvalue weighted by Crippen LogP contribution is 2.39. The Morgan fingerprint density at radius 3 is 2.55 bits per heavy atom. The van der Waals surface area contributed by atoms with E-state index in [1.165, 1.54) is 39.7 Å². The van der Waals surface area contributed by atoms with Gasteiger partial charge in [0.05, 0.1) is 0 Å². The van der Waals surface area contributed by atoms with E-state index in [1.54, 1.807) is 0 Å². The van der Waals surface area contributed by atoms with Gasteiger partial charge in [0.2, 0.25) is 0 Å². The Labute approximate surface area is 129 Å². The Hall–Kier alpha value is -1.28. The van der Waals surface area contributed by atoms with E-state index < -0.39 is 0 Å². The number of benzene rings is 2. The zero-order chi connectivity index (χ0) is 14.1. The maximum Gasteiger partial charge on any atom is 0.0489 e. The molecule has 1 fully saturated rings. The van der Waals surface area contributed by atoms with Gasteiger partial charge in [0.15, 0.2) is 0 Å². The summed E-state index contributed by atoms with van der Waals surface area (Å²) < 4.78 is 1.19. The lowest BCUT2D eigenvalue weighted by Gasteiger charge is -2.37. The first-order valence-electron chi connectivity index (χ1n) is 7.21. The minimum absolute atomic E-state index is 0.596. The summed E-state index contributed by atoms with van der Waals surface area (Å²) in [6.45, 7) is 4.30. The van der Waals surface area contributed by atoms with Crippen LogP contribution in [0.2, 0.25) is 0 Å². The zero-order valence-electron chi connectivity index (χ0n) is 12.0. The summed E-state index contributed by atoms with van der Waals surface area (Å²) in [5.74, 6) is 0.719. The number of hydrogen-bond acceptors (Lipinski definition) is 1. The van der Waals surface area contributed by atoms with E-state index in [4.69, 9.17) is 0 Å². The zero-order valence-corrected chi connectivity index (χ0v) is 13.6. The summed E-state index contributed by atoms with van der Waals surface area (Å²) in [7, 11) is 0. The lowest BCUT2D eigenvalue weighted by molar-refractivity contribution is 0.374. The van der Waals surface area contributed by atoms with Gasteiger partial charge < -0.3 is 5.32 Å². The van der Waals surface area contributed by atoms with Crippen LogP contribution in [0.15, 0.2) is 46.9 Å². The van der Waals surface area contributed by atoms with Gasteiger partial charge in [0, 0.05) is 16.2 Å². The van der Waals surface area contributed by atoms with E-state index in [0.29, 0.717) is 6.04 Å². The maximum absolute atomic E-state index is 3.67. The van der Waals surface area contributed by atoms with Crippen molar-refractivity contribution >= 4 is 21.6 Å². The molecule has 1 saturated carbocycles. The molecule has 104 valence electrons. The molecular weight excluding hydrogens is 310 g/mol. The Morgan fingerprint density at radius 1 is 1.05 bits per heavy atom. The van der Waals surface area contributed by atoms with Crippen LogP contribution in [0.25, 0.3) is 0 Å². The molecule has 0 bridgehead atoms. The van der Waals surface area contributed by atoms with Gasteiger partial charge in [-0.15, -0.1) is 0 Å². The molecule has 2 aromatic rings. The van der Waals surface area contributed by atoms with Gasteiger partial charge >= 0.3 is 0 Å². The fraction of sp³-hybridized carbons (Fsp3) is 0.333. The average Bonchev–Trinajstić information content (AvgIpc) is 2.38. The van der Waals surface area contributed by atoms with Crippen molar-refractivity contribution in [3.63, 3.8) is 0 Å². The SMILES string of the molecule is Cc1cccc(C2CC(Nc3cccc(C)c3Br)C2)c1. The molecule has 0 radical (unpaired) electrons. The first kappa shape index (κ1) is 13.7. The Kier molecular flexibility index (Phi) is 3.84. The van der Waals surface area contributed by atoms with Crippen molar-refractivity contribution in [1.82, 2.24) is 0 Å². The van der Waals surface area contributed by atoms with E-state index in [0.717, 1.165) is 5.92 Å². The van der Waals surface area contributed by atoms with Crippen molar-refractivity contribution in [2.45, 2.75) is 38.6 Å². The maximum atomic E-state index is 3.67. The number of rotatable bonds is 3. The molecule has 0 atom stereocenters. The summed E-state index contributed by atoms with van der Waals surface area (Å²) in [6, 6.07) is 15.9. The molecule has 1 aliphatic rings. The lowest BCUT2D eigenvalue weighted by atomic mass is 9.75. The van der Waals surface area contributed by atoms with Crippen LogP contribution >= 0.6 is 15.9 Å². The van der Waals surface area contributed by atoms with Crippen molar-refractivity contribution in [1.29, 1.82) is 0 Å². The monoisotopic (exact) mass is 329 g/mol. The first-order valence-corrected chi connectivity index (χ1v) is 8.01. The van der Waals surface area contributed by atoms with E-state index in [2.05, 4.69) is 77.6 Å². The fourth-order valence-corrected chi connectivity index (χ4v) is 3.29. The molecule has 3 rings (SSSR count). The number of halogens is 1. The van der Waals surface area contributed by atoms with E-state index in [-0.39, 0.29) is 0 Å². The second-order valence-electron chi connectivity index (χ2n) is 5.86. The molecule has 0 heterocycles. The van der Waals surface area contributed by atoms with Gasteiger partial charge in [-0.05, 0) is 65.7 Å². The molecule has 2 aromatic carbocycles. The van der Waals surface area contributed by atoms with Gasteiger partial charge in [0.25, 0.3) is 0 Å². The second kappa shape index (κ2) is 5.61. The highest BCUT2D eigenvalue weighted by molar-refractivity contribution is 9.10. The molecule has 1 nitrogen and oxygen atoms in total. The van der Waals surface area contributed by atoms with Crippen molar-refractivity contribution in [2.75, 3.05) is 5.32 Å². The Balaban J connectivity index is 1.62. The standard InChI is InChI=1S/C18H20BrN/c1-12-5-3-7-14(9-12)15-10-16(11-15)20-17-8-4-6-13(2)18(17)19/h3-9,15-16,20H,10-11H2,1-2H3. The summed E-state index contributed by atoms with van der Waals surface area (Å²) in [6.07, 6.45) is 2.45. The van der Waals surface area contributed by atoms with Gasteiger partial charge in [-0.25, -0.2) is 0 Å². The summed E-state index contributed by atoms with van der Waals surface area (Å²) in [5, 5.41) is 3.65. The van der Waals surface area contributed by atoms with Crippen molar-refractivity contribution < 1.29 is 0 Å². The van der Waals surface area contributed by atoms with E-state index >= 15 is 0 Å².